The maximum absolute atomic E-state index is 12.8. The van der Waals surface area contributed by atoms with Crippen molar-refractivity contribution in [3.63, 3.8) is 0 Å². The molecular weight excluding hydrogens is 374 g/mol. The molecule has 0 saturated carbocycles. The lowest BCUT2D eigenvalue weighted by molar-refractivity contribution is 0.0951. The van der Waals surface area contributed by atoms with Crippen LogP contribution in [-0.4, -0.2) is 62.8 Å². The van der Waals surface area contributed by atoms with Crippen LogP contribution in [-0.2, 0) is 10.0 Å². The number of amides is 1. The summed E-state index contributed by atoms with van der Waals surface area (Å²) in [6.45, 7) is 10.1. The van der Waals surface area contributed by atoms with Crippen molar-refractivity contribution in [3.05, 3.63) is 29.3 Å². The molecule has 6 nitrogen and oxygen atoms in total. The molecule has 1 aliphatic heterocycles. The molecule has 0 bridgehead atoms. The molecule has 158 valence electrons. The lowest BCUT2D eigenvalue weighted by Gasteiger charge is -2.20. The van der Waals surface area contributed by atoms with Gasteiger partial charge in [-0.05, 0) is 63.5 Å². The van der Waals surface area contributed by atoms with Gasteiger partial charge in [-0.2, -0.15) is 4.31 Å². The topological polar surface area (TPSA) is 69.7 Å². The summed E-state index contributed by atoms with van der Waals surface area (Å²) in [5.74, 6) is -0.216. The van der Waals surface area contributed by atoms with Crippen molar-refractivity contribution < 1.29 is 13.2 Å². The predicted octanol–water partition coefficient (Wildman–Crippen LogP) is 3.02. The summed E-state index contributed by atoms with van der Waals surface area (Å²) < 4.78 is 27.1. The maximum atomic E-state index is 12.8. The van der Waals surface area contributed by atoms with Crippen molar-refractivity contribution in [3.8, 4) is 0 Å². The highest BCUT2D eigenvalue weighted by atomic mass is 32.2. The molecule has 0 aliphatic carbocycles. The minimum absolute atomic E-state index is 0.216. The number of nitrogens with zero attached hydrogens (tertiary/aromatic N) is 2. The maximum Gasteiger partial charge on any atom is 0.251 e. The zero-order chi connectivity index (χ0) is 20.6. The predicted molar refractivity (Wildman–Crippen MR) is 113 cm³/mol. The minimum Gasteiger partial charge on any atom is -0.352 e. The van der Waals surface area contributed by atoms with Crippen LogP contribution in [0.1, 0.15) is 61.9 Å². The van der Waals surface area contributed by atoms with Crippen LogP contribution in [0.3, 0.4) is 0 Å². The Morgan fingerprint density at radius 1 is 1.11 bits per heavy atom. The molecule has 0 atom stereocenters. The van der Waals surface area contributed by atoms with E-state index in [0.717, 1.165) is 26.1 Å². The van der Waals surface area contributed by atoms with Crippen LogP contribution in [0.25, 0.3) is 0 Å². The number of carbonyl (C=O) groups is 1. The summed E-state index contributed by atoms with van der Waals surface area (Å²) in [7, 11) is -3.58. The van der Waals surface area contributed by atoms with E-state index in [1.807, 2.05) is 13.8 Å². The first-order chi connectivity index (χ1) is 13.4. The molecule has 0 radical (unpaired) electrons. The van der Waals surface area contributed by atoms with Crippen molar-refractivity contribution in [2.24, 2.45) is 0 Å². The van der Waals surface area contributed by atoms with Crippen molar-refractivity contribution in [1.82, 2.24) is 14.5 Å². The number of likely N-dealkylation sites (tertiary alicyclic amines) is 1. The Kier molecular flexibility index (Phi) is 8.92. The van der Waals surface area contributed by atoms with Gasteiger partial charge in [0.05, 0.1) is 4.90 Å². The first kappa shape index (κ1) is 22.8. The Balaban J connectivity index is 1.96. The Hall–Kier alpha value is -1.44. The van der Waals surface area contributed by atoms with E-state index in [1.54, 1.807) is 19.1 Å². The molecule has 1 heterocycles. The fraction of sp³-hybridized carbons (Fsp3) is 0.667. The Morgan fingerprint density at radius 2 is 1.75 bits per heavy atom. The molecular formula is C21H35N3O3S. The van der Waals surface area contributed by atoms with Gasteiger partial charge >= 0.3 is 0 Å². The third-order valence-electron chi connectivity index (χ3n) is 5.41. The standard InChI is InChI=1S/C21H35N3O3S/c1-4-24(5-2)28(26,27)20-17-19(12-11-18(20)3)21(25)22-13-10-16-23-14-8-6-7-9-15-23/h11-12,17H,4-10,13-16H2,1-3H3,(H,22,25). The van der Waals surface area contributed by atoms with Gasteiger partial charge in [0.2, 0.25) is 10.0 Å². The van der Waals surface area contributed by atoms with Crippen LogP contribution in [0.2, 0.25) is 0 Å². The van der Waals surface area contributed by atoms with Gasteiger partial charge in [0.25, 0.3) is 5.91 Å². The van der Waals surface area contributed by atoms with E-state index in [9.17, 15) is 13.2 Å². The quantitative estimate of drug-likeness (QED) is 0.637. The molecule has 1 N–H and O–H groups in total. The highest BCUT2D eigenvalue weighted by Crippen LogP contribution is 2.21. The summed E-state index contributed by atoms with van der Waals surface area (Å²) in [5.41, 5.74) is 1.05. The number of aryl methyl sites for hydroxylation is 1. The summed E-state index contributed by atoms with van der Waals surface area (Å²) >= 11 is 0. The van der Waals surface area contributed by atoms with Crippen molar-refractivity contribution >= 4 is 15.9 Å². The molecule has 1 fully saturated rings. The Bertz CT molecular complexity index is 737. The van der Waals surface area contributed by atoms with Gasteiger partial charge in [0.1, 0.15) is 0 Å². The first-order valence-electron chi connectivity index (χ1n) is 10.5. The number of nitrogens with one attached hydrogen (secondary N) is 1. The minimum atomic E-state index is -3.58. The van der Waals surface area contributed by atoms with E-state index < -0.39 is 10.0 Å². The molecule has 7 heteroatoms. The SMILES string of the molecule is CCN(CC)S(=O)(=O)c1cc(C(=O)NCCCN2CCCCCC2)ccc1C. The van der Waals surface area contributed by atoms with E-state index >= 15 is 0 Å². The molecule has 1 aliphatic rings. The number of carbonyl (C=O) groups excluding carboxylic acids is 1. The summed E-state index contributed by atoms with van der Waals surface area (Å²) in [5, 5.41) is 2.94. The second-order valence-corrected chi connectivity index (χ2v) is 9.34. The fourth-order valence-electron chi connectivity index (χ4n) is 3.69. The van der Waals surface area contributed by atoms with E-state index in [0.29, 0.717) is 30.8 Å². The molecule has 0 aromatic heterocycles. The van der Waals surface area contributed by atoms with Crippen LogP contribution in [0, 0.1) is 6.92 Å². The van der Waals surface area contributed by atoms with E-state index in [1.165, 1.54) is 36.1 Å². The monoisotopic (exact) mass is 409 g/mol. The normalized spacial score (nSPS) is 16.1. The van der Waals surface area contributed by atoms with Gasteiger partial charge in [0.15, 0.2) is 0 Å². The van der Waals surface area contributed by atoms with E-state index in [2.05, 4.69) is 10.2 Å². The third kappa shape index (κ3) is 6.03. The molecule has 1 amide bonds. The Morgan fingerprint density at radius 3 is 2.36 bits per heavy atom. The molecule has 0 spiro atoms. The van der Waals surface area contributed by atoms with Gasteiger partial charge in [-0.15, -0.1) is 0 Å². The number of hydrogen-bond donors (Lipinski definition) is 1. The molecule has 0 unspecified atom stereocenters. The van der Waals surface area contributed by atoms with Gasteiger partial charge in [-0.1, -0.05) is 32.8 Å². The zero-order valence-electron chi connectivity index (χ0n) is 17.5. The van der Waals surface area contributed by atoms with Crippen LogP contribution in [0.15, 0.2) is 23.1 Å². The number of rotatable bonds is 9. The number of sulfonamides is 1. The second-order valence-electron chi connectivity index (χ2n) is 7.43. The largest absolute Gasteiger partial charge is 0.352 e. The van der Waals surface area contributed by atoms with Crippen LogP contribution < -0.4 is 5.32 Å². The second kappa shape index (κ2) is 10.9. The lowest BCUT2D eigenvalue weighted by Crippen LogP contribution is -2.32. The fourth-order valence-corrected chi connectivity index (χ4v) is 5.40. The summed E-state index contributed by atoms with van der Waals surface area (Å²) in [6.07, 6.45) is 6.07. The molecule has 1 aromatic rings. The number of hydrogen-bond acceptors (Lipinski definition) is 4. The van der Waals surface area contributed by atoms with Crippen molar-refractivity contribution in [2.45, 2.75) is 57.8 Å². The van der Waals surface area contributed by atoms with Crippen LogP contribution in [0.4, 0.5) is 0 Å². The smallest absolute Gasteiger partial charge is 0.251 e. The highest BCUT2D eigenvalue weighted by molar-refractivity contribution is 7.89. The van der Waals surface area contributed by atoms with Gasteiger partial charge in [-0.3, -0.25) is 4.79 Å². The van der Waals surface area contributed by atoms with E-state index in [4.69, 9.17) is 0 Å². The van der Waals surface area contributed by atoms with E-state index in [-0.39, 0.29) is 10.8 Å². The van der Waals surface area contributed by atoms with Gasteiger partial charge in [0, 0.05) is 25.2 Å². The third-order valence-corrected chi connectivity index (χ3v) is 7.60. The average molecular weight is 410 g/mol. The molecule has 1 saturated heterocycles. The van der Waals surface area contributed by atoms with Crippen molar-refractivity contribution in [2.75, 3.05) is 39.3 Å². The zero-order valence-corrected chi connectivity index (χ0v) is 18.4. The van der Waals surface area contributed by atoms with Crippen LogP contribution >= 0.6 is 0 Å². The number of benzene rings is 1. The van der Waals surface area contributed by atoms with Crippen LogP contribution in [0.5, 0.6) is 0 Å². The van der Waals surface area contributed by atoms with Gasteiger partial charge in [-0.25, -0.2) is 8.42 Å². The average Bonchev–Trinajstić information content (AvgIpc) is 2.95. The molecule has 1 aromatic carbocycles. The lowest BCUT2D eigenvalue weighted by atomic mass is 10.1. The summed E-state index contributed by atoms with van der Waals surface area (Å²) in [6, 6.07) is 4.91. The van der Waals surface area contributed by atoms with Gasteiger partial charge < -0.3 is 10.2 Å². The molecule has 28 heavy (non-hydrogen) atoms. The molecule has 2 rings (SSSR count). The first-order valence-corrected chi connectivity index (χ1v) is 12.0. The highest BCUT2D eigenvalue weighted by Gasteiger charge is 2.24. The summed E-state index contributed by atoms with van der Waals surface area (Å²) in [4.78, 5) is 15.2. The Labute approximate surface area is 170 Å². The van der Waals surface area contributed by atoms with Crippen molar-refractivity contribution in [1.29, 1.82) is 0 Å².